The highest BCUT2D eigenvalue weighted by Crippen LogP contribution is 2.32. The van der Waals surface area contributed by atoms with Gasteiger partial charge in [-0.05, 0) is 72.4 Å². The number of rotatable bonds is 12. The first-order valence-corrected chi connectivity index (χ1v) is 17.9. The number of benzene rings is 3. The normalized spacial score (nSPS) is 16.9. The topological polar surface area (TPSA) is 153 Å². The minimum absolute atomic E-state index is 0.0643. The number of methoxy groups -OCH3 is 1. The van der Waals surface area contributed by atoms with Gasteiger partial charge in [-0.2, -0.15) is 4.72 Å². The summed E-state index contributed by atoms with van der Waals surface area (Å²) in [7, 11) is -2.55. The van der Waals surface area contributed by atoms with Gasteiger partial charge in [-0.25, -0.2) is 8.42 Å². The van der Waals surface area contributed by atoms with Gasteiger partial charge in [0.25, 0.3) is 5.91 Å². The van der Waals surface area contributed by atoms with Crippen LogP contribution in [0.3, 0.4) is 0 Å². The first-order chi connectivity index (χ1) is 23.3. The number of carbonyl (C=O) groups excluding carboxylic acids is 1. The molecule has 0 spiro atoms. The number of sulfonamides is 1. The molecule has 0 radical (unpaired) electrons. The van der Waals surface area contributed by atoms with E-state index in [1.54, 1.807) is 58.2 Å². The fourth-order valence-electron chi connectivity index (χ4n) is 6.11. The van der Waals surface area contributed by atoms with Crippen LogP contribution in [0.25, 0.3) is 0 Å². The Morgan fingerprint density at radius 2 is 1.59 bits per heavy atom. The number of aliphatic imine (C=N–C) groups is 1. The molecule has 0 unspecified atom stereocenters. The summed E-state index contributed by atoms with van der Waals surface area (Å²) >= 11 is 0. The lowest BCUT2D eigenvalue weighted by Gasteiger charge is -2.41. The average Bonchev–Trinajstić information content (AvgIpc) is 3.52. The van der Waals surface area contributed by atoms with Crippen LogP contribution in [0, 0.1) is 5.41 Å². The molecule has 12 nitrogen and oxygen atoms in total. The number of carboxylic acid groups (broad SMARTS) is 1. The van der Waals surface area contributed by atoms with Crippen molar-refractivity contribution in [2.45, 2.75) is 56.6 Å². The van der Waals surface area contributed by atoms with Crippen LogP contribution in [0.15, 0.2) is 88.8 Å². The molecule has 3 aromatic carbocycles. The third kappa shape index (κ3) is 8.34. The number of carbonyl (C=O) groups is 2. The van der Waals surface area contributed by atoms with Crippen molar-refractivity contribution in [2.75, 3.05) is 44.7 Å². The third-order valence-electron chi connectivity index (χ3n) is 9.31. The highest BCUT2D eigenvalue weighted by atomic mass is 32.2. The fraction of sp³-hybridized carbons (Fsp3) is 0.417. The van der Waals surface area contributed by atoms with Gasteiger partial charge >= 0.3 is 5.97 Å². The predicted octanol–water partition coefficient (Wildman–Crippen LogP) is 3.70. The van der Waals surface area contributed by atoms with E-state index in [4.69, 9.17) is 9.73 Å². The minimum Gasteiger partial charge on any atom is -0.497 e. The Kier molecular flexibility index (Phi) is 10.8. The Labute approximate surface area is 288 Å². The standard InChI is InChI=1S/C36H46N6O6S/c1-35(2,3)36(33(44)45,40-49(46,47)31-8-6-5-7-9-31)25-38-32(43)27-12-14-29(15-13-27)41-21-18-28(19-22-41)39-34-37-20-23-42(34)24-26-10-16-30(48-4)17-11-26/h5-17,28,40H,18-25H2,1-4H3,(H,37,39)(H,38,43)(H,44,45)/t36-/m1/s1. The van der Waals surface area contributed by atoms with Crippen molar-refractivity contribution in [1.29, 1.82) is 0 Å². The van der Waals surface area contributed by atoms with Gasteiger partial charge in [0.1, 0.15) is 5.75 Å². The van der Waals surface area contributed by atoms with E-state index in [0.717, 1.165) is 63.0 Å². The van der Waals surface area contributed by atoms with Crippen LogP contribution < -0.4 is 25.0 Å². The van der Waals surface area contributed by atoms with Crippen molar-refractivity contribution < 1.29 is 27.9 Å². The fourth-order valence-corrected chi connectivity index (χ4v) is 7.67. The van der Waals surface area contributed by atoms with E-state index in [1.807, 2.05) is 24.3 Å². The third-order valence-corrected chi connectivity index (χ3v) is 10.8. The van der Waals surface area contributed by atoms with Crippen molar-refractivity contribution in [2.24, 2.45) is 10.4 Å². The van der Waals surface area contributed by atoms with Crippen molar-refractivity contribution in [3.05, 3.63) is 90.0 Å². The maximum absolute atomic E-state index is 13.2. The number of ether oxygens (including phenoxy) is 1. The molecule has 2 aliphatic rings. The zero-order valence-corrected chi connectivity index (χ0v) is 29.3. The summed E-state index contributed by atoms with van der Waals surface area (Å²) in [6.45, 7) is 8.51. The number of anilines is 1. The lowest BCUT2D eigenvalue weighted by atomic mass is 9.74. The van der Waals surface area contributed by atoms with Crippen LogP contribution in [-0.2, 0) is 21.4 Å². The summed E-state index contributed by atoms with van der Waals surface area (Å²) < 4.78 is 34.1. The first kappa shape index (κ1) is 35.7. The number of aliphatic carboxylic acids is 1. The molecule has 2 heterocycles. The van der Waals surface area contributed by atoms with E-state index < -0.39 is 39.4 Å². The van der Waals surface area contributed by atoms with Crippen molar-refractivity contribution >= 4 is 33.5 Å². The SMILES string of the molecule is COc1ccc(CN2CCN=C2NC2CCN(c3ccc(C(=O)NC[C@@](NS(=O)(=O)c4ccccc4)(C(=O)O)C(C)(C)C)cc3)CC2)cc1. The Morgan fingerprint density at radius 3 is 2.18 bits per heavy atom. The molecular weight excluding hydrogens is 644 g/mol. The molecule has 5 rings (SSSR count). The summed E-state index contributed by atoms with van der Waals surface area (Å²) in [6.07, 6.45) is 1.86. The Balaban J connectivity index is 1.16. The molecule has 0 saturated carbocycles. The Morgan fingerprint density at radius 1 is 0.939 bits per heavy atom. The molecule has 4 N–H and O–H groups in total. The van der Waals surface area contributed by atoms with E-state index in [9.17, 15) is 23.1 Å². The Bertz CT molecular complexity index is 1740. The number of amides is 1. The second-order valence-electron chi connectivity index (χ2n) is 13.5. The maximum atomic E-state index is 13.2. The molecule has 1 amide bonds. The Hall–Kier alpha value is -4.62. The quantitative estimate of drug-likeness (QED) is 0.223. The number of nitrogens with one attached hydrogen (secondary N) is 3. The number of hydrogen-bond donors (Lipinski definition) is 4. The van der Waals surface area contributed by atoms with E-state index >= 15 is 0 Å². The van der Waals surface area contributed by atoms with Gasteiger partial charge < -0.3 is 30.3 Å². The van der Waals surface area contributed by atoms with Gasteiger partial charge in [-0.1, -0.05) is 51.1 Å². The highest BCUT2D eigenvalue weighted by molar-refractivity contribution is 7.89. The largest absolute Gasteiger partial charge is 0.497 e. The summed E-state index contributed by atoms with van der Waals surface area (Å²) in [5, 5.41) is 16.7. The molecule has 1 fully saturated rings. The first-order valence-electron chi connectivity index (χ1n) is 16.5. The number of hydrogen-bond acceptors (Lipinski definition) is 9. The molecule has 262 valence electrons. The highest BCUT2D eigenvalue weighted by Gasteiger charge is 2.52. The average molecular weight is 691 g/mol. The van der Waals surface area contributed by atoms with Crippen LogP contribution in [-0.4, -0.2) is 87.7 Å². The van der Waals surface area contributed by atoms with E-state index in [1.165, 1.54) is 17.7 Å². The molecule has 2 aliphatic heterocycles. The van der Waals surface area contributed by atoms with Crippen molar-refractivity contribution in [3.8, 4) is 5.75 Å². The molecule has 0 bridgehead atoms. The second-order valence-corrected chi connectivity index (χ2v) is 15.2. The molecule has 13 heteroatoms. The molecule has 1 saturated heterocycles. The van der Waals surface area contributed by atoms with E-state index in [0.29, 0.717) is 11.6 Å². The summed E-state index contributed by atoms with van der Waals surface area (Å²) in [5.74, 6) is -0.111. The minimum atomic E-state index is -4.21. The van der Waals surface area contributed by atoms with Crippen LogP contribution in [0.2, 0.25) is 0 Å². The van der Waals surface area contributed by atoms with E-state index in [-0.39, 0.29) is 4.90 Å². The van der Waals surface area contributed by atoms with Crippen LogP contribution in [0.1, 0.15) is 49.5 Å². The predicted molar refractivity (Wildman–Crippen MR) is 189 cm³/mol. The second kappa shape index (κ2) is 14.9. The van der Waals surface area contributed by atoms with Gasteiger partial charge in [0.05, 0.1) is 18.6 Å². The van der Waals surface area contributed by atoms with Gasteiger partial charge in [-0.15, -0.1) is 0 Å². The van der Waals surface area contributed by atoms with Crippen LogP contribution >= 0.6 is 0 Å². The molecule has 1 atom stereocenters. The lowest BCUT2D eigenvalue weighted by Crippen LogP contribution is -2.67. The number of nitrogens with zero attached hydrogens (tertiary/aromatic N) is 3. The lowest BCUT2D eigenvalue weighted by molar-refractivity contribution is -0.148. The smallest absolute Gasteiger partial charge is 0.327 e. The number of carboxylic acids is 1. The van der Waals surface area contributed by atoms with Gasteiger partial charge in [0.15, 0.2) is 11.5 Å². The molecular formula is C36H46N6O6S. The summed E-state index contributed by atoms with van der Waals surface area (Å²) in [5.41, 5.74) is -0.591. The van der Waals surface area contributed by atoms with Crippen molar-refractivity contribution in [3.63, 3.8) is 0 Å². The van der Waals surface area contributed by atoms with Crippen molar-refractivity contribution in [1.82, 2.24) is 20.3 Å². The zero-order chi connectivity index (χ0) is 35.2. The molecule has 0 aromatic heterocycles. The van der Waals surface area contributed by atoms with Crippen LogP contribution in [0.5, 0.6) is 5.75 Å². The maximum Gasteiger partial charge on any atom is 0.327 e. The monoisotopic (exact) mass is 690 g/mol. The zero-order valence-electron chi connectivity index (χ0n) is 28.5. The van der Waals surface area contributed by atoms with Gasteiger partial charge in [0, 0.05) is 50.0 Å². The summed E-state index contributed by atoms with van der Waals surface area (Å²) in [4.78, 5) is 35.1. The van der Waals surface area contributed by atoms with Gasteiger partial charge in [-0.3, -0.25) is 14.6 Å². The summed E-state index contributed by atoms with van der Waals surface area (Å²) in [6, 6.07) is 23.1. The molecule has 3 aromatic rings. The van der Waals surface area contributed by atoms with E-state index in [2.05, 4.69) is 37.3 Å². The van der Waals surface area contributed by atoms with Crippen LogP contribution in [0.4, 0.5) is 5.69 Å². The van der Waals surface area contributed by atoms with Gasteiger partial charge in [0.2, 0.25) is 10.0 Å². The number of guanidine groups is 1. The molecule has 49 heavy (non-hydrogen) atoms. The number of piperidine rings is 1. The molecule has 0 aliphatic carbocycles.